The number of carbonyl (C=O) groups is 1. The lowest BCUT2D eigenvalue weighted by Gasteiger charge is -2.36. The number of nitrogens with zero attached hydrogens (tertiary/aromatic N) is 2. The van der Waals surface area contributed by atoms with E-state index in [1.54, 1.807) is 0 Å². The molecule has 1 aliphatic rings. The predicted molar refractivity (Wildman–Crippen MR) is 68.8 cm³/mol. The molecule has 1 amide bonds. The Balaban J connectivity index is 2.58. The van der Waals surface area contributed by atoms with Gasteiger partial charge >= 0.3 is 0 Å². The highest BCUT2D eigenvalue weighted by molar-refractivity contribution is 5.81. The van der Waals surface area contributed by atoms with Gasteiger partial charge in [-0.2, -0.15) is 0 Å². The van der Waals surface area contributed by atoms with E-state index in [9.17, 15) is 4.79 Å². The Bertz CT molecular complexity index is 238. The van der Waals surface area contributed by atoms with E-state index in [-0.39, 0.29) is 24.6 Å². The zero-order chi connectivity index (χ0) is 12.8. The van der Waals surface area contributed by atoms with Crippen LogP contribution in [0.25, 0.3) is 0 Å². The molecule has 0 saturated carbocycles. The number of amides is 1. The molecule has 1 saturated heterocycles. The zero-order valence-electron chi connectivity index (χ0n) is 11.4. The molecule has 0 aromatic heterocycles. The summed E-state index contributed by atoms with van der Waals surface area (Å²) >= 11 is 0. The summed E-state index contributed by atoms with van der Waals surface area (Å²) in [6.07, 6.45) is 3.49. The number of aliphatic hydroxyl groups is 1. The number of likely N-dealkylation sites (tertiary alicyclic amines) is 1. The second-order valence-electron chi connectivity index (χ2n) is 5.12. The van der Waals surface area contributed by atoms with Crippen LogP contribution in [0.15, 0.2) is 0 Å². The van der Waals surface area contributed by atoms with Crippen molar-refractivity contribution in [2.45, 2.75) is 52.1 Å². The second-order valence-corrected chi connectivity index (χ2v) is 5.12. The molecule has 17 heavy (non-hydrogen) atoms. The Morgan fingerprint density at radius 1 is 1.24 bits per heavy atom. The normalized spacial score (nSPS) is 18.8. The van der Waals surface area contributed by atoms with Gasteiger partial charge in [0.15, 0.2) is 0 Å². The highest BCUT2D eigenvalue weighted by Crippen LogP contribution is 2.13. The summed E-state index contributed by atoms with van der Waals surface area (Å²) in [7, 11) is 0. The minimum atomic E-state index is -0.125. The summed E-state index contributed by atoms with van der Waals surface area (Å²) in [5.41, 5.74) is 0. The summed E-state index contributed by atoms with van der Waals surface area (Å²) < 4.78 is 0. The Morgan fingerprint density at radius 2 is 1.82 bits per heavy atom. The molecule has 100 valence electrons. The molecule has 1 unspecified atom stereocenters. The Labute approximate surface area is 105 Å². The Morgan fingerprint density at radius 3 is 2.29 bits per heavy atom. The van der Waals surface area contributed by atoms with Crippen LogP contribution in [0, 0.1) is 0 Å². The van der Waals surface area contributed by atoms with Crippen LogP contribution >= 0.6 is 0 Å². The van der Waals surface area contributed by atoms with Gasteiger partial charge in [0.05, 0.1) is 12.6 Å². The molecule has 1 rings (SSSR count). The van der Waals surface area contributed by atoms with E-state index in [1.807, 2.05) is 11.8 Å². The van der Waals surface area contributed by atoms with Crippen molar-refractivity contribution in [3.63, 3.8) is 0 Å². The lowest BCUT2D eigenvalue weighted by molar-refractivity contribution is -0.138. The van der Waals surface area contributed by atoms with Crippen LogP contribution in [0.3, 0.4) is 0 Å². The van der Waals surface area contributed by atoms with Gasteiger partial charge in [0.1, 0.15) is 0 Å². The molecule has 1 atom stereocenters. The van der Waals surface area contributed by atoms with Gasteiger partial charge in [-0.3, -0.25) is 9.69 Å². The molecule has 1 aliphatic heterocycles. The molecular weight excluding hydrogens is 216 g/mol. The maximum absolute atomic E-state index is 12.3. The molecule has 0 bridgehead atoms. The van der Waals surface area contributed by atoms with Gasteiger partial charge < -0.3 is 10.0 Å². The average Bonchev–Trinajstić information content (AvgIpc) is 2.35. The second kappa shape index (κ2) is 6.97. The molecule has 0 aromatic rings. The number of hydrogen-bond acceptors (Lipinski definition) is 3. The lowest BCUT2D eigenvalue weighted by atomic mass is 10.1. The smallest absolute Gasteiger partial charge is 0.239 e. The lowest BCUT2D eigenvalue weighted by Crippen LogP contribution is -2.51. The summed E-state index contributed by atoms with van der Waals surface area (Å²) in [5, 5.41) is 9.06. The van der Waals surface area contributed by atoms with Crippen molar-refractivity contribution < 1.29 is 9.90 Å². The molecule has 0 radical (unpaired) electrons. The van der Waals surface area contributed by atoms with E-state index in [2.05, 4.69) is 18.7 Å². The fourth-order valence-corrected chi connectivity index (χ4v) is 2.53. The van der Waals surface area contributed by atoms with Crippen LogP contribution in [0.5, 0.6) is 0 Å². The highest BCUT2D eigenvalue weighted by atomic mass is 16.3. The first kappa shape index (κ1) is 14.5. The number of piperidine rings is 1. The Kier molecular flexibility index (Phi) is 5.92. The predicted octanol–water partition coefficient (Wildman–Crippen LogP) is 1.09. The molecule has 4 nitrogen and oxygen atoms in total. The van der Waals surface area contributed by atoms with E-state index in [0.717, 1.165) is 25.9 Å². The number of hydrogen-bond donors (Lipinski definition) is 1. The van der Waals surface area contributed by atoms with Crippen molar-refractivity contribution >= 4 is 5.91 Å². The first-order valence-corrected chi connectivity index (χ1v) is 6.73. The SMILES string of the molecule is CC(C)N(CCO)C(C)C(=O)N1CCCCC1. The fourth-order valence-electron chi connectivity index (χ4n) is 2.53. The third-order valence-corrected chi connectivity index (χ3v) is 3.54. The monoisotopic (exact) mass is 242 g/mol. The van der Waals surface area contributed by atoms with Gasteiger partial charge in [0.2, 0.25) is 5.91 Å². The molecular formula is C13H26N2O2. The van der Waals surface area contributed by atoms with Crippen LogP contribution in [0.1, 0.15) is 40.0 Å². The van der Waals surface area contributed by atoms with Gasteiger partial charge in [0.25, 0.3) is 0 Å². The van der Waals surface area contributed by atoms with Crippen molar-refractivity contribution in [1.82, 2.24) is 9.80 Å². The Hall–Kier alpha value is -0.610. The molecule has 4 heteroatoms. The van der Waals surface area contributed by atoms with E-state index in [4.69, 9.17) is 5.11 Å². The van der Waals surface area contributed by atoms with Crippen LogP contribution in [-0.4, -0.2) is 59.1 Å². The van der Waals surface area contributed by atoms with E-state index in [1.165, 1.54) is 6.42 Å². The molecule has 0 spiro atoms. The van der Waals surface area contributed by atoms with Crippen LogP contribution in [-0.2, 0) is 4.79 Å². The highest BCUT2D eigenvalue weighted by Gasteiger charge is 2.27. The van der Waals surface area contributed by atoms with E-state index < -0.39 is 0 Å². The van der Waals surface area contributed by atoms with Crippen molar-refractivity contribution in [1.29, 1.82) is 0 Å². The number of rotatable bonds is 5. The van der Waals surface area contributed by atoms with Gasteiger partial charge in [-0.1, -0.05) is 0 Å². The molecule has 1 heterocycles. The van der Waals surface area contributed by atoms with Gasteiger partial charge in [0, 0.05) is 25.7 Å². The van der Waals surface area contributed by atoms with E-state index >= 15 is 0 Å². The van der Waals surface area contributed by atoms with Crippen LogP contribution in [0.2, 0.25) is 0 Å². The van der Waals surface area contributed by atoms with Gasteiger partial charge in [-0.25, -0.2) is 0 Å². The maximum Gasteiger partial charge on any atom is 0.239 e. The summed E-state index contributed by atoms with van der Waals surface area (Å²) in [5.74, 6) is 0.215. The van der Waals surface area contributed by atoms with Crippen molar-refractivity contribution in [2.75, 3.05) is 26.2 Å². The molecule has 0 aliphatic carbocycles. The first-order chi connectivity index (χ1) is 8.07. The minimum absolute atomic E-state index is 0.107. The van der Waals surface area contributed by atoms with Crippen molar-refractivity contribution in [3.05, 3.63) is 0 Å². The number of aliphatic hydroxyl groups excluding tert-OH is 1. The third kappa shape index (κ3) is 3.96. The van der Waals surface area contributed by atoms with E-state index in [0.29, 0.717) is 6.54 Å². The largest absolute Gasteiger partial charge is 0.395 e. The minimum Gasteiger partial charge on any atom is -0.395 e. The van der Waals surface area contributed by atoms with Crippen LogP contribution < -0.4 is 0 Å². The molecule has 1 fully saturated rings. The van der Waals surface area contributed by atoms with Crippen molar-refractivity contribution in [3.8, 4) is 0 Å². The van der Waals surface area contributed by atoms with Crippen LogP contribution in [0.4, 0.5) is 0 Å². The van der Waals surface area contributed by atoms with Crippen molar-refractivity contribution in [2.24, 2.45) is 0 Å². The zero-order valence-corrected chi connectivity index (χ0v) is 11.4. The number of carbonyl (C=O) groups excluding carboxylic acids is 1. The standard InChI is InChI=1S/C13H26N2O2/c1-11(2)15(9-10-16)12(3)13(17)14-7-5-4-6-8-14/h11-12,16H,4-10H2,1-3H3. The summed E-state index contributed by atoms with van der Waals surface area (Å²) in [6, 6.07) is 0.158. The maximum atomic E-state index is 12.3. The summed E-state index contributed by atoms with van der Waals surface area (Å²) in [6.45, 7) is 8.55. The topological polar surface area (TPSA) is 43.8 Å². The summed E-state index contributed by atoms with van der Waals surface area (Å²) in [4.78, 5) is 16.4. The fraction of sp³-hybridized carbons (Fsp3) is 0.923. The molecule has 1 N–H and O–H groups in total. The van der Waals surface area contributed by atoms with Gasteiger partial charge in [-0.05, 0) is 40.0 Å². The first-order valence-electron chi connectivity index (χ1n) is 6.73. The quantitative estimate of drug-likeness (QED) is 0.785. The third-order valence-electron chi connectivity index (χ3n) is 3.54. The molecule has 0 aromatic carbocycles. The van der Waals surface area contributed by atoms with Gasteiger partial charge in [-0.15, -0.1) is 0 Å². The average molecular weight is 242 g/mol.